The van der Waals surface area contributed by atoms with Crippen LogP contribution >= 0.6 is 15.9 Å². The van der Waals surface area contributed by atoms with Crippen LogP contribution in [0.3, 0.4) is 0 Å². The van der Waals surface area contributed by atoms with E-state index >= 15 is 0 Å². The fourth-order valence-electron chi connectivity index (χ4n) is 1.23. The van der Waals surface area contributed by atoms with E-state index in [9.17, 15) is 10.2 Å². The molecule has 1 aromatic carbocycles. The number of phenolic OH excluding ortho intramolecular Hbond substituents is 2. The van der Waals surface area contributed by atoms with Crippen molar-refractivity contribution in [3.63, 3.8) is 0 Å². The molecule has 0 fully saturated rings. The predicted molar refractivity (Wildman–Crippen MR) is 56.0 cm³/mol. The van der Waals surface area contributed by atoms with Gasteiger partial charge < -0.3 is 10.2 Å². The molecule has 0 aliphatic heterocycles. The molecule has 72 valence electrons. The van der Waals surface area contributed by atoms with E-state index in [4.69, 9.17) is 0 Å². The van der Waals surface area contributed by atoms with Crippen LogP contribution in [0.25, 0.3) is 0 Å². The van der Waals surface area contributed by atoms with Gasteiger partial charge in [-0.2, -0.15) is 0 Å². The zero-order valence-electron chi connectivity index (χ0n) is 7.71. The zero-order chi connectivity index (χ0) is 10.0. The summed E-state index contributed by atoms with van der Waals surface area (Å²) in [5, 5.41) is 18.6. The Kier molecular flexibility index (Phi) is 3.20. The summed E-state index contributed by atoms with van der Waals surface area (Å²) in [6, 6.07) is 3.43. The lowest BCUT2D eigenvalue weighted by Crippen LogP contribution is -1.93. The van der Waals surface area contributed by atoms with Gasteiger partial charge in [-0.3, -0.25) is 0 Å². The van der Waals surface area contributed by atoms with E-state index in [-0.39, 0.29) is 11.5 Å². The van der Waals surface area contributed by atoms with Crippen molar-refractivity contribution >= 4 is 15.9 Å². The summed E-state index contributed by atoms with van der Waals surface area (Å²) in [6.07, 6.45) is 0.895. The van der Waals surface area contributed by atoms with E-state index in [0.29, 0.717) is 10.4 Å². The highest BCUT2D eigenvalue weighted by molar-refractivity contribution is 9.10. The molecule has 0 bridgehead atoms. The topological polar surface area (TPSA) is 40.5 Å². The molecule has 0 saturated heterocycles. The summed E-state index contributed by atoms with van der Waals surface area (Å²) >= 11 is 3.18. The van der Waals surface area contributed by atoms with Crippen molar-refractivity contribution in [3.8, 4) is 11.5 Å². The van der Waals surface area contributed by atoms with Gasteiger partial charge in [0.2, 0.25) is 0 Å². The van der Waals surface area contributed by atoms with Gasteiger partial charge in [0.25, 0.3) is 0 Å². The zero-order valence-corrected chi connectivity index (χ0v) is 9.30. The van der Waals surface area contributed by atoms with Gasteiger partial charge in [0.1, 0.15) is 0 Å². The lowest BCUT2D eigenvalue weighted by molar-refractivity contribution is 0.400. The average molecular weight is 245 g/mol. The van der Waals surface area contributed by atoms with Crippen LogP contribution in [-0.2, 0) is 6.42 Å². The summed E-state index contributed by atoms with van der Waals surface area (Å²) in [5.74, 6) is 0.383. The summed E-state index contributed by atoms with van der Waals surface area (Å²) in [4.78, 5) is 0. The van der Waals surface area contributed by atoms with Crippen molar-refractivity contribution in [2.75, 3.05) is 0 Å². The highest BCUT2D eigenvalue weighted by atomic mass is 79.9. The minimum atomic E-state index is -0.0903. The van der Waals surface area contributed by atoms with Gasteiger partial charge >= 0.3 is 0 Å². The first-order valence-electron chi connectivity index (χ1n) is 4.21. The molecule has 1 rings (SSSR count). The number of benzene rings is 1. The quantitative estimate of drug-likeness (QED) is 0.786. The Hall–Kier alpha value is -0.700. The van der Waals surface area contributed by atoms with Crippen molar-refractivity contribution < 1.29 is 10.2 Å². The molecule has 2 nitrogen and oxygen atoms in total. The highest BCUT2D eigenvalue weighted by Gasteiger charge is 2.07. The molecule has 0 radical (unpaired) electrons. The molecule has 0 atom stereocenters. The molecule has 0 heterocycles. The smallest absolute Gasteiger partial charge is 0.171 e. The molecule has 0 saturated carbocycles. The summed E-state index contributed by atoms with van der Waals surface area (Å²) in [6.45, 7) is 4.22. The number of hydrogen-bond acceptors (Lipinski definition) is 2. The average Bonchev–Trinajstić information content (AvgIpc) is 1.98. The van der Waals surface area contributed by atoms with Crippen LogP contribution in [0.1, 0.15) is 19.4 Å². The van der Waals surface area contributed by atoms with Crippen molar-refractivity contribution in [1.82, 2.24) is 0 Å². The molecule has 3 heteroatoms. The van der Waals surface area contributed by atoms with Gasteiger partial charge in [0.15, 0.2) is 11.5 Å². The van der Waals surface area contributed by atoms with Crippen LogP contribution in [0.2, 0.25) is 0 Å². The Labute approximate surface area is 86.3 Å². The Bertz CT molecular complexity index is 285. The SMILES string of the molecule is CC(C)Cc1cc(O)c(O)c(Br)c1. The first-order valence-corrected chi connectivity index (χ1v) is 5.00. The maximum Gasteiger partial charge on any atom is 0.171 e. The highest BCUT2D eigenvalue weighted by Crippen LogP contribution is 2.34. The molecular formula is C10H13BrO2. The number of hydrogen-bond donors (Lipinski definition) is 2. The molecule has 2 N–H and O–H groups in total. The molecule has 0 amide bonds. The number of phenols is 2. The molecule has 0 spiro atoms. The van der Waals surface area contributed by atoms with Crippen LogP contribution < -0.4 is 0 Å². The minimum absolute atomic E-state index is 0.0648. The van der Waals surface area contributed by atoms with Crippen LogP contribution in [0.15, 0.2) is 16.6 Å². The van der Waals surface area contributed by atoms with Crippen molar-refractivity contribution in [3.05, 3.63) is 22.2 Å². The van der Waals surface area contributed by atoms with E-state index in [2.05, 4.69) is 29.8 Å². The summed E-state index contributed by atoms with van der Waals surface area (Å²) < 4.78 is 0.545. The number of aromatic hydroxyl groups is 2. The molecule has 0 aliphatic carbocycles. The third-order valence-electron chi connectivity index (χ3n) is 1.75. The van der Waals surface area contributed by atoms with Crippen molar-refractivity contribution in [2.24, 2.45) is 5.92 Å². The third-order valence-corrected chi connectivity index (χ3v) is 2.35. The Morgan fingerprint density at radius 1 is 1.31 bits per heavy atom. The van der Waals surface area contributed by atoms with Crippen LogP contribution in [0.5, 0.6) is 11.5 Å². The van der Waals surface area contributed by atoms with E-state index < -0.39 is 0 Å². The molecule has 0 unspecified atom stereocenters. The monoisotopic (exact) mass is 244 g/mol. The van der Waals surface area contributed by atoms with E-state index in [1.54, 1.807) is 6.07 Å². The van der Waals surface area contributed by atoms with Crippen molar-refractivity contribution in [2.45, 2.75) is 20.3 Å². The maximum atomic E-state index is 9.31. The normalized spacial score (nSPS) is 10.8. The van der Waals surface area contributed by atoms with Gasteiger partial charge in [0.05, 0.1) is 4.47 Å². The fraction of sp³-hybridized carbons (Fsp3) is 0.400. The summed E-state index contributed by atoms with van der Waals surface area (Å²) in [5.41, 5.74) is 1.03. The second-order valence-corrected chi connectivity index (χ2v) is 4.40. The fourth-order valence-corrected chi connectivity index (χ4v) is 1.73. The second-order valence-electron chi connectivity index (χ2n) is 3.54. The largest absolute Gasteiger partial charge is 0.504 e. The first kappa shape index (κ1) is 10.4. The van der Waals surface area contributed by atoms with Gasteiger partial charge in [-0.1, -0.05) is 13.8 Å². The van der Waals surface area contributed by atoms with Crippen molar-refractivity contribution in [1.29, 1.82) is 0 Å². The van der Waals surface area contributed by atoms with Gasteiger partial charge in [-0.25, -0.2) is 0 Å². The molecule has 13 heavy (non-hydrogen) atoms. The standard InChI is InChI=1S/C10H13BrO2/c1-6(2)3-7-4-8(11)10(13)9(12)5-7/h4-6,12-13H,3H2,1-2H3. The predicted octanol–water partition coefficient (Wildman–Crippen LogP) is 3.06. The van der Waals surface area contributed by atoms with Gasteiger partial charge in [0, 0.05) is 0 Å². The Morgan fingerprint density at radius 3 is 2.38 bits per heavy atom. The Balaban J connectivity index is 2.99. The van der Waals surface area contributed by atoms with Crippen LogP contribution in [0, 0.1) is 5.92 Å². The lowest BCUT2D eigenvalue weighted by atomic mass is 10.0. The summed E-state index contributed by atoms with van der Waals surface area (Å²) in [7, 11) is 0. The first-order chi connectivity index (χ1) is 6.00. The second kappa shape index (κ2) is 4.01. The van der Waals surface area contributed by atoms with E-state index in [0.717, 1.165) is 12.0 Å². The van der Waals surface area contributed by atoms with Gasteiger partial charge in [-0.05, 0) is 46.0 Å². The van der Waals surface area contributed by atoms with Gasteiger partial charge in [-0.15, -0.1) is 0 Å². The van der Waals surface area contributed by atoms with E-state index in [1.807, 2.05) is 6.07 Å². The molecule has 0 aliphatic rings. The molecular weight excluding hydrogens is 232 g/mol. The maximum absolute atomic E-state index is 9.31. The molecule has 1 aromatic rings. The Morgan fingerprint density at radius 2 is 1.92 bits per heavy atom. The molecule has 0 aromatic heterocycles. The lowest BCUT2D eigenvalue weighted by Gasteiger charge is -2.07. The number of halogens is 1. The minimum Gasteiger partial charge on any atom is -0.504 e. The van der Waals surface area contributed by atoms with Crippen LogP contribution in [-0.4, -0.2) is 10.2 Å². The third kappa shape index (κ3) is 2.62. The van der Waals surface area contributed by atoms with E-state index in [1.165, 1.54) is 0 Å². The number of rotatable bonds is 2. The van der Waals surface area contributed by atoms with Crippen LogP contribution in [0.4, 0.5) is 0 Å².